The van der Waals surface area contributed by atoms with Gasteiger partial charge in [0.25, 0.3) is 0 Å². The van der Waals surface area contributed by atoms with Crippen LogP contribution in [0.15, 0.2) is 43.1 Å². The van der Waals surface area contributed by atoms with Crippen LogP contribution in [0.3, 0.4) is 0 Å². The molecule has 1 aliphatic heterocycles. The van der Waals surface area contributed by atoms with Gasteiger partial charge in [0, 0.05) is 62.2 Å². The lowest BCUT2D eigenvalue weighted by Crippen LogP contribution is -2.49. The summed E-state index contributed by atoms with van der Waals surface area (Å²) in [6, 6.07) is 6.49. The molecule has 1 atom stereocenters. The molecule has 0 radical (unpaired) electrons. The van der Waals surface area contributed by atoms with E-state index < -0.39 is 0 Å². The predicted octanol–water partition coefficient (Wildman–Crippen LogP) is 4.19. The van der Waals surface area contributed by atoms with Crippen molar-refractivity contribution in [2.75, 3.05) is 31.1 Å². The van der Waals surface area contributed by atoms with Crippen molar-refractivity contribution in [3.63, 3.8) is 0 Å². The minimum Gasteiger partial charge on any atom is -0.353 e. The van der Waals surface area contributed by atoms with Crippen LogP contribution in [-0.2, 0) is 4.79 Å². The number of nitriles is 1. The lowest BCUT2D eigenvalue weighted by molar-refractivity contribution is -0.132. The third-order valence-electron chi connectivity index (χ3n) is 7.12. The number of carbonyl (C=O) groups excluding carboxylic acids is 1. The Morgan fingerprint density at radius 1 is 1.03 bits per heavy atom. The van der Waals surface area contributed by atoms with E-state index in [0.29, 0.717) is 42.2 Å². The summed E-state index contributed by atoms with van der Waals surface area (Å²) in [5, 5.41) is 18.6. The third-order valence-corrected chi connectivity index (χ3v) is 7.12. The number of aromatic nitrogens is 6. The molecular weight excluding hydrogens is 478 g/mol. The van der Waals surface area contributed by atoms with E-state index in [1.807, 2.05) is 40.3 Å². The molecule has 38 heavy (non-hydrogen) atoms. The number of rotatable bonds is 7. The highest BCUT2D eigenvalue weighted by molar-refractivity contribution is 5.83. The average Bonchev–Trinajstić information content (AvgIpc) is 3.59. The Morgan fingerprint density at radius 3 is 2.47 bits per heavy atom. The van der Waals surface area contributed by atoms with Crippen LogP contribution in [-0.4, -0.2) is 66.3 Å². The summed E-state index contributed by atoms with van der Waals surface area (Å²) in [6.45, 7) is 11.3. The van der Waals surface area contributed by atoms with Crippen molar-refractivity contribution >= 4 is 17.2 Å². The van der Waals surface area contributed by atoms with Gasteiger partial charge in [-0.05, 0) is 31.4 Å². The number of pyridine rings is 1. The second-order valence-corrected chi connectivity index (χ2v) is 10.3. The summed E-state index contributed by atoms with van der Waals surface area (Å²) in [7, 11) is 0. The van der Waals surface area contributed by atoms with Gasteiger partial charge >= 0.3 is 0 Å². The smallest absolute Gasteiger partial charge is 0.222 e. The lowest BCUT2D eigenvalue weighted by Gasteiger charge is -2.35. The number of amides is 1. The number of fused-ring (bicyclic) bond motifs is 1. The Labute approximate surface area is 222 Å². The molecule has 5 heterocycles. The number of piperazine rings is 1. The van der Waals surface area contributed by atoms with Gasteiger partial charge in [-0.3, -0.25) is 9.48 Å². The standard InChI is InChI=1S/C28H33N9O/c1-5-20(4)36-17-23(16-31-36)24-18-37-28(22(13-29)15-32-37)27(33-24)21-6-7-25(30-14-21)34-8-10-35(11-9-34)26(38)12-19(2)3/h6-7,14-20H,5,8-12H2,1-4H3. The Bertz CT molecular complexity index is 1470. The van der Waals surface area contributed by atoms with Gasteiger partial charge in [-0.1, -0.05) is 20.8 Å². The molecule has 196 valence electrons. The maximum Gasteiger partial charge on any atom is 0.222 e. The SMILES string of the molecule is CCC(C)n1cc(-c2cn3ncc(C#N)c3c(-c3ccc(N4CCN(C(=O)CC(C)C)CC4)nc3)n2)cn1. The van der Waals surface area contributed by atoms with E-state index >= 15 is 0 Å². The second kappa shape index (κ2) is 10.6. The Kier molecular flexibility index (Phi) is 7.09. The third kappa shape index (κ3) is 4.96. The monoisotopic (exact) mass is 511 g/mol. The molecule has 0 spiro atoms. The van der Waals surface area contributed by atoms with Crippen LogP contribution in [0.5, 0.6) is 0 Å². The summed E-state index contributed by atoms with van der Waals surface area (Å²) in [5.41, 5.74) is 4.17. The zero-order valence-electron chi connectivity index (χ0n) is 22.4. The van der Waals surface area contributed by atoms with Gasteiger partial charge < -0.3 is 9.80 Å². The summed E-state index contributed by atoms with van der Waals surface area (Å²) in [6.07, 6.45) is 10.6. The van der Waals surface area contributed by atoms with Gasteiger partial charge in [-0.25, -0.2) is 14.5 Å². The van der Waals surface area contributed by atoms with Crippen LogP contribution in [0.2, 0.25) is 0 Å². The fourth-order valence-electron chi connectivity index (χ4n) is 4.71. The summed E-state index contributed by atoms with van der Waals surface area (Å²) in [5.74, 6) is 1.45. The minimum atomic E-state index is 0.224. The maximum atomic E-state index is 12.4. The van der Waals surface area contributed by atoms with Crippen molar-refractivity contribution < 1.29 is 4.79 Å². The molecule has 0 saturated carbocycles. The van der Waals surface area contributed by atoms with E-state index in [1.165, 1.54) is 0 Å². The maximum absolute atomic E-state index is 12.4. The molecule has 1 fully saturated rings. The Hall–Kier alpha value is -4.26. The average molecular weight is 512 g/mol. The van der Waals surface area contributed by atoms with Crippen molar-refractivity contribution in [1.29, 1.82) is 5.26 Å². The summed E-state index contributed by atoms with van der Waals surface area (Å²) >= 11 is 0. The highest BCUT2D eigenvalue weighted by Crippen LogP contribution is 2.30. The first-order valence-corrected chi connectivity index (χ1v) is 13.2. The molecule has 4 aromatic heterocycles. The highest BCUT2D eigenvalue weighted by Gasteiger charge is 2.23. The minimum absolute atomic E-state index is 0.224. The van der Waals surface area contributed by atoms with Crippen LogP contribution in [0, 0.1) is 17.2 Å². The van der Waals surface area contributed by atoms with Crippen molar-refractivity contribution in [1.82, 2.24) is 34.3 Å². The summed E-state index contributed by atoms with van der Waals surface area (Å²) in [4.78, 5) is 26.3. The Balaban J connectivity index is 1.42. The normalized spacial score (nSPS) is 14.7. The van der Waals surface area contributed by atoms with Crippen molar-refractivity contribution in [2.45, 2.75) is 46.6 Å². The number of nitrogens with zero attached hydrogens (tertiary/aromatic N) is 9. The zero-order valence-corrected chi connectivity index (χ0v) is 22.4. The van der Waals surface area contributed by atoms with E-state index in [1.54, 1.807) is 16.9 Å². The molecule has 0 bridgehead atoms. The number of hydrogen-bond donors (Lipinski definition) is 0. The molecular formula is C28H33N9O. The first-order chi connectivity index (χ1) is 18.4. The summed E-state index contributed by atoms with van der Waals surface area (Å²) < 4.78 is 3.65. The van der Waals surface area contributed by atoms with Crippen molar-refractivity contribution in [3.05, 3.63) is 48.7 Å². The highest BCUT2D eigenvalue weighted by atomic mass is 16.2. The van der Waals surface area contributed by atoms with E-state index in [0.717, 1.165) is 42.1 Å². The number of anilines is 1. The molecule has 0 aromatic carbocycles. The molecule has 0 N–H and O–H groups in total. The lowest BCUT2D eigenvalue weighted by atomic mass is 10.1. The van der Waals surface area contributed by atoms with Crippen LogP contribution in [0.25, 0.3) is 28.0 Å². The van der Waals surface area contributed by atoms with Crippen LogP contribution >= 0.6 is 0 Å². The first-order valence-electron chi connectivity index (χ1n) is 13.2. The molecule has 5 rings (SSSR count). The molecule has 1 aliphatic rings. The zero-order chi connectivity index (χ0) is 26.8. The molecule has 1 saturated heterocycles. The topological polar surface area (TPSA) is 108 Å². The molecule has 10 heteroatoms. The van der Waals surface area contributed by atoms with E-state index in [4.69, 9.17) is 9.97 Å². The van der Waals surface area contributed by atoms with E-state index in [-0.39, 0.29) is 11.9 Å². The molecule has 1 unspecified atom stereocenters. The van der Waals surface area contributed by atoms with E-state index in [9.17, 15) is 10.1 Å². The quantitative estimate of drug-likeness (QED) is 0.366. The molecule has 0 aliphatic carbocycles. The molecule has 1 amide bonds. The molecule has 4 aromatic rings. The van der Waals surface area contributed by atoms with Gasteiger partial charge in [-0.15, -0.1) is 0 Å². The van der Waals surface area contributed by atoms with E-state index in [2.05, 4.69) is 48.9 Å². The number of hydrogen-bond acceptors (Lipinski definition) is 7. The molecule has 10 nitrogen and oxygen atoms in total. The second-order valence-electron chi connectivity index (χ2n) is 10.3. The largest absolute Gasteiger partial charge is 0.353 e. The predicted molar refractivity (Wildman–Crippen MR) is 145 cm³/mol. The fourth-order valence-corrected chi connectivity index (χ4v) is 4.71. The van der Waals surface area contributed by atoms with Crippen LogP contribution < -0.4 is 4.90 Å². The van der Waals surface area contributed by atoms with Gasteiger partial charge in [0.1, 0.15) is 23.0 Å². The van der Waals surface area contributed by atoms with Gasteiger partial charge in [0.15, 0.2) is 0 Å². The van der Waals surface area contributed by atoms with Crippen molar-refractivity contribution in [3.8, 4) is 28.6 Å². The van der Waals surface area contributed by atoms with Crippen LogP contribution in [0.4, 0.5) is 5.82 Å². The first kappa shape index (κ1) is 25.4. The Morgan fingerprint density at radius 2 is 1.82 bits per heavy atom. The van der Waals surface area contributed by atoms with Crippen molar-refractivity contribution in [2.24, 2.45) is 5.92 Å². The fraction of sp³-hybridized carbons (Fsp3) is 0.429. The van der Waals surface area contributed by atoms with Gasteiger partial charge in [0.2, 0.25) is 5.91 Å². The van der Waals surface area contributed by atoms with Gasteiger partial charge in [-0.2, -0.15) is 15.5 Å². The van der Waals surface area contributed by atoms with Crippen LogP contribution in [0.1, 0.15) is 52.1 Å². The number of carbonyl (C=O) groups is 1. The van der Waals surface area contributed by atoms with Gasteiger partial charge in [0.05, 0.1) is 30.0 Å².